The van der Waals surface area contributed by atoms with E-state index in [2.05, 4.69) is 37.0 Å². The van der Waals surface area contributed by atoms with Crippen molar-refractivity contribution < 1.29 is 8.42 Å². The Morgan fingerprint density at radius 1 is 0.833 bits per heavy atom. The normalized spacial score (nSPS) is 11.7. The number of nitrogens with one attached hydrogen (secondary N) is 1. The number of benzene rings is 2. The SMILES string of the molecule is Cc1ccc(-c2[nH]cc(C)c2-c2ccc(S(N)(=O)=O)cc2)cc1C. The lowest BCUT2D eigenvalue weighted by Gasteiger charge is -2.09. The summed E-state index contributed by atoms with van der Waals surface area (Å²) in [5.41, 5.74) is 7.74. The van der Waals surface area contributed by atoms with Crippen molar-refractivity contribution in [3.05, 3.63) is 65.4 Å². The number of sulfonamides is 1. The number of aryl methyl sites for hydroxylation is 3. The molecule has 3 aromatic rings. The van der Waals surface area contributed by atoms with Crippen LogP contribution in [0, 0.1) is 20.8 Å². The first-order chi connectivity index (χ1) is 11.3. The van der Waals surface area contributed by atoms with Crippen molar-refractivity contribution >= 4 is 10.0 Å². The lowest BCUT2D eigenvalue weighted by atomic mass is 9.96. The molecule has 1 heterocycles. The molecule has 2 aromatic carbocycles. The molecule has 0 spiro atoms. The molecule has 0 unspecified atom stereocenters. The van der Waals surface area contributed by atoms with Crippen LogP contribution in [0.15, 0.2) is 53.6 Å². The van der Waals surface area contributed by atoms with Gasteiger partial charge in [-0.2, -0.15) is 0 Å². The lowest BCUT2D eigenvalue weighted by Crippen LogP contribution is -2.11. The molecular formula is C19H20N2O2S. The summed E-state index contributed by atoms with van der Waals surface area (Å²) in [6, 6.07) is 13.0. The van der Waals surface area contributed by atoms with E-state index in [9.17, 15) is 8.42 Å². The van der Waals surface area contributed by atoms with Crippen LogP contribution in [0.3, 0.4) is 0 Å². The molecule has 0 saturated heterocycles. The number of hydrogen-bond acceptors (Lipinski definition) is 2. The standard InChI is InChI=1S/C19H20N2O2S/c1-12-4-5-16(10-13(12)2)19-18(14(3)11-21-19)15-6-8-17(9-7-15)24(20,22)23/h4-11,21H,1-3H3,(H2,20,22,23). The van der Waals surface area contributed by atoms with Gasteiger partial charge in [0.25, 0.3) is 0 Å². The zero-order valence-electron chi connectivity index (χ0n) is 13.9. The van der Waals surface area contributed by atoms with Crippen LogP contribution < -0.4 is 5.14 Å². The quantitative estimate of drug-likeness (QED) is 0.758. The Morgan fingerprint density at radius 2 is 1.46 bits per heavy atom. The number of rotatable bonds is 3. The topological polar surface area (TPSA) is 76.0 Å². The van der Waals surface area contributed by atoms with Gasteiger partial charge < -0.3 is 4.98 Å². The van der Waals surface area contributed by atoms with Gasteiger partial charge in [-0.3, -0.25) is 0 Å². The Morgan fingerprint density at radius 3 is 2.04 bits per heavy atom. The van der Waals surface area contributed by atoms with Crippen LogP contribution in [-0.4, -0.2) is 13.4 Å². The highest BCUT2D eigenvalue weighted by molar-refractivity contribution is 7.89. The first-order valence-corrected chi connectivity index (χ1v) is 9.21. The zero-order valence-corrected chi connectivity index (χ0v) is 14.7. The fourth-order valence-corrected chi connectivity index (χ4v) is 3.35. The third-order valence-corrected chi connectivity index (χ3v) is 5.27. The van der Waals surface area contributed by atoms with Crippen molar-refractivity contribution in [2.24, 2.45) is 5.14 Å². The fraction of sp³-hybridized carbons (Fsp3) is 0.158. The average Bonchev–Trinajstić information content (AvgIpc) is 2.91. The van der Waals surface area contributed by atoms with Crippen molar-refractivity contribution in [2.75, 3.05) is 0 Å². The van der Waals surface area contributed by atoms with Crippen LogP contribution in [0.4, 0.5) is 0 Å². The number of hydrogen-bond donors (Lipinski definition) is 2. The third-order valence-electron chi connectivity index (χ3n) is 4.34. The van der Waals surface area contributed by atoms with Gasteiger partial charge in [0.2, 0.25) is 10.0 Å². The molecule has 1 aromatic heterocycles. The van der Waals surface area contributed by atoms with Crippen LogP contribution in [0.5, 0.6) is 0 Å². The minimum Gasteiger partial charge on any atom is -0.360 e. The molecule has 24 heavy (non-hydrogen) atoms. The largest absolute Gasteiger partial charge is 0.360 e. The maximum absolute atomic E-state index is 11.4. The summed E-state index contributed by atoms with van der Waals surface area (Å²) in [6.45, 7) is 6.21. The molecular weight excluding hydrogens is 320 g/mol. The van der Waals surface area contributed by atoms with E-state index in [1.807, 2.05) is 13.1 Å². The van der Waals surface area contributed by atoms with Crippen molar-refractivity contribution in [2.45, 2.75) is 25.7 Å². The molecule has 3 N–H and O–H groups in total. The summed E-state index contributed by atoms with van der Waals surface area (Å²) in [4.78, 5) is 3.46. The molecule has 0 atom stereocenters. The molecule has 124 valence electrons. The molecule has 5 heteroatoms. The Hall–Kier alpha value is -2.37. The Bertz CT molecular complexity index is 1000. The van der Waals surface area contributed by atoms with Gasteiger partial charge in [0, 0.05) is 11.8 Å². The van der Waals surface area contributed by atoms with Crippen LogP contribution in [-0.2, 0) is 10.0 Å². The van der Waals surface area contributed by atoms with E-state index >= 15 is 0 Å². The van der Waals surface area contributed by atoms with Crippen molar-refractivity contribution in [3.8, 4) is 22.4 Å². The second-order valence-corrected chi connectivity index (χ2v) is 7.65. The number of primary sulfonamides is 1. The second kappa shape index (κ2) is 5.92. The third kappa shape index (κ3) is 3.00. The lowest BCUT2D eigenvalue weighted by molar-refractivity contribution is 0.598. The van der Waals surface area contributed by atoms with Crippen LogP contribution >= 0.6 is 0 Å². The second-order valence-electron chi connectivity index (χ2n) is 6.09. The summed E-state index contributed by atoms with van der Waals surface area (Å²) >= 11 is 0. The van der Waals surface area contributed by atoms with E-state index < -0.39 is 10.0 Å². The number of nitrogens with two attached hydrogens (primary N) is 1. The molecule has 0 aliphatic heterocycles. The van der Waals surface area contributed by atoms with Gasteiger partial charge in [-0.1, -0.05) is 24.3 Å². The number of aromatic amines is 1. The predicted octanol–water partition coefficient (Wildman–Crippen LogP) is 3.92. The zero-order chi connectivity index (χ0) is 17.5. The van der Waals surface area contributed by atoms with E-state index in [4.69, 9.17) is 5.14 Å². The van der Waals surface area contributed by atoms with Gasteiger partial charge in [-0.05, 0) is 66.8 Å². The molecule has 0 bridgehead atoms. The molecule has 0 fully saturated rings. The van der Waals surface area contributed by atoms with Crippen LogP contribution in [0.1, 0.15) is 16.7 Å². The summed E-state index contributed by atoms with van der Waals surface area (Å²) in [7, 11) is -3.68. The van der Waals surface area contributed by atoms with E-state index in [1.165, 1.54) is 11.1 Å². The molecule has 3 rings (SSSR count). The summed E-state index contributed by atoms with van der Waals surface area (Å²) in [5.74, 6) is 0. The molecule has 0 amide bonds. The van der Waals surface area contributed by atoms with Gasteiger partial charge >= 0.3 is 0 Å². The maximum Gasteiger partial charge on any atom is 0.238 e. The molecule has 4 nitrogen and oxygen atoms in total. The van der Waals surface area contributed by atoms with Crippen LogP contribution in [0.2, 0.25) is 0 Å². The van der Waals surface area contributed by atoms with Crippen molar-refractivity contribution in [1.29, 1.82) is 0 Å². The molecule has 0 radical (unpaired) electrons. The van der Waals surface area contributed by atoms with Crippen LogP contribution in [0.25, 0.3) is 22.4 Å². The van der Waals surface area contributed by atoms with Crippen molar-refractivity contribution in [3.63, 3.8) is 0 Å². The predicted molar refractivity (Wildman–Crippen MR) is 97.2 cm³/mol. The maximum atomic E-state index is 11.4. The smallest absolute Gasteiger partial charge is 0.238 e. The van der Waals surface area contributed by atoms with E-state index in [0.717, 1.165) is 27.9 Å². The minimum atomic E-state index is -3.68. The van der Waals surface area contributed by atoms with Gasteiger partial charge in [-0.25, -0.2) is 13.6 Å². The molecule has 0 saturated carbocycles. The van der Waals surface area contributed by atoms with E-state index in [-0.39, 0.29) is 4.90 Å². The van der Waals surface area contributed by atoms with Gasteiger partial charge in [0.15, 0.2) is 0 Å². The summed E-state index contributed by atoms with van der Waals surface area (Å²) in [6.07, 6.45) is 1.97. The highest BCUT2D eigenvalue weighted by Gasteiger charge is 2.14. The number of aromatic nitrogens is 1. The highest BCUT2D eigenvalue weighted by atomic mass is 32.2. The van der Waals surface area contributed by atoms with E-state index in [1.54, 1.807) is 24.3 Å². The highest BCUT2D eigenvalue weighted by Crippen LogP contribution is 2.35. The fourth-order valence-electron chi connectivity index (χ4n) is 2.83. The average molecular weight is 340 g/mol. The molecule has 0 aliphatic rings. The Labute approximate surface area is 142 Å². The number of H-pyrrole nitrogens is 1. The first kappa shape index (κ1) is 16.5. The van der Waals surface area contributed by atoms with E-state index in [0.29, 0.717) is 0 Å². The van der Waals surface area contributed by atoms with Gasteiger partial charge in [0.05, 0.1) is 10.6 Å². The van der Waals surface area contributed by atoms with Gasteiger partial charge in [0.1, 0.15) is 0 Å². The monoisotopic (exact) mass is 340 g/mol. The summed E-state index contributed by atoms with van der Waals surface area (Å²) < 4.78 is 22.9. The minimum absolute atomic E-state index is 0.118. The Kier molecular flexibility index (Phi) is 4.07. The molecule has 0 aliphatic carbocycles. The van der Waals surface area contributed by atoms with Crippen molar-refractivity contribution in [1.82, 2.24) is 4.98 Å². The Balaban J connectivity index is 2.12. The van der Waals surface area contributed by atoms with Gasteiger partial charge in [-0.15, -0.1) is 0 Å². The summed E-state index contributed by atoms with van der Waals surface area (Å²) in [5, 5.41) is 5.17. The first-order valence-electron chi connectivity index (χ1n) is 7.66.